The van der Waals surface area contributed by atoms with E-state index in [1.54, 1.807) is 13.8 Å². The summed E-state index contributed by atoms with van der Waals surface area (Å²) in [5, 5.41) is 9.33. The van der Waals surface area contributed by atoms with Gasteiger partial charge >= 0.3 is 5.97 Å². The van der Waals surface area contributed by atoms with E-state index in [9.17, 15) is 9.90 Å². The first-order valence-corrected chi connectivity index (χ1v) is 7.01. The third-order valence-electron chi connectivity index (χ3n) is 3.34. The SMILES string of the molecule is CCN(Cc1cccc(OC(C)C)c1)C(C)(C)C(=O)O. The van der Waals surface area contributed by atoms with Crippen LogP contribution in [-0.2, 0) is 11.3 Å². The van der Waals surface area contributed by atoms with E-state index in [2.05, 4.69) is 0 Å². The summed E-state index contributed by atoms with van der Waals surface area (Å²) in [6.45, 7) is 10.7. The average molecular weight is 279 g/mol. The van der Waals surface area contributed by atoms with Crippen molar-refractivity contribution in [2.24, 2.45) is 0 Å². The Balaban J connectivity index is 2.88. The lowest BCUT2D eigenvalue weighted by Gasteiger charge is -2.34. The molecule has 0 saturated heterocycles. The van der Waals surface area contributed by atoms with Gasteiger partial charge in [0.2, 0.25) is 0 Å². The van der Waals surface area contributed by atoms with Gasteiger partial charge in [-0.05, 0) is 51.9 Å². The number of hydrogen-bond acceptors (Lipinski definition) is 3. The van der Waals surface area contributed by atoms with Crippen molar-refractivity contribution in [2.45, 2.75) is 52.8 Å². The minimum absolute atomic E-state index is 0.128. The van der Waals surface area contributed by atoms with Crippen molar-refractivity contribution in [3.8, 4) is 5.75 Å². The van der Waals surface area contributed by atoms with E-state index in [1.165, 1.54) is 0 Å². The van der Waals surface area contributed by atoms with Gasteiger partial charge in [-0.25, -0.2) is 0 Å². The van der Waals surface area contributed by atoms with Gasteiger partial charge in [-0.1, -0.05) is 19.1 Å². The maximum Gasteiger partial charge on any atom is 0.323 e. The Hall–Kier alpha value is -1.55. The zero-order chi connectivity index (χ0) is 15.3. The minimum atomic E-state index is -0.885. The molecule has 0 saturated carbocycles. The van der Waals surface area contributed by atoms with Crippen LogP contribution < -0.4 is 4.74 Å². The van der Waals surface area contributed by atoms with Crippen molar-refractivity contribution >= 4 is 5.97 Å². The van der Waals surface area contributed by atoms with Gasteiger partial charge in [0.1, 0.15) is 11.3 Å². The molecule has 0 unspecified atom stereocenters. The van der Waals surface area contributed by atoms with Crippen LogP contribution in [0.1, 0.15) is 40.2 Å². The van der Waals surface area contributed by atoms with Crippen LogP contribution in [0.3, 0.4) is 0 Å². The van der Waals surface area contributed by atoms with Crippen molar-refractivity contribution in [3.05, 3.63) is 29.8 Å². The number of carboxylic acids is 1. The Morgan fingerprint density at radius 1 is 1.40 bits per heavy atom. The molecule has 4 heteroatoms. The third-order valence-corrected chi connectivity index (χ3v) is 3.34. The Morgan fingerprint density at radius 2 is 2.05 bits per heavy atom. The molecule has 1 rings (SSSR count). The first-order chi connectivity index (χ1) is 9.27. The van der Waals surface area contributed by atoms with Crippen LogP contribution in [0.2, 0.25) is 0 Å². The highest BCUT2D eigenvalue weighted by Crippen LogP contribution is 2.21. The van der Waals surface area contributed by atoms with E-state index in [0.29, 0.717) is 13.1 Å². The summed E-state index contributed by atoms with van der Waals surface area (Å²) >= 11 is 0. The fourth-order valence-corrected chi connectivity index (χ4v) is 2.05. The molecule has 0 radical (unpaired) electrons. The smallest absolute Gasteiger partial charge is 0.323 e. The molecule has 1 N–H and O–H groups in total. The molecule has 0 aromatic heterocycles. The molecule has 4 nitrogen and oxygen atoms in total. The van der Waals surface area contributed by atoms with Crippen molar-refractivity contribution < 1.29 is 14.6 Å². The molecular formula is C16H25NO3. The topological polar surface area (TPSA) is 49.8 Å². The van der Waals surface area contributed by atoms with E-state index in [0.717, 1.165) is 11.3 Å². The molecular weight excluding hydrogens is 254 g/mol. The molecule has 0 aliphatic rings. The first kappa shape index (κ1) is 16.5. The fourth-order valence-electron chi connectivity index (χ4n) is 2.05. The summed E-state index contributed by atoms with van der Waals surface area (Å²) in [5.41, 5.74) is 0.170. The molecule has 112 valence electrons. The molecule has 0 aliphatic heterocycles. The van der Waals surface area contributed by atoms with Crippen molar-refractivity contribution in [3.63, 3.8) is 0 Å². The number of nitrogens with zero attached hydrogens (tertiary/aromatic N) is 1. The van der Waals surface area contributed by atoms with Crippen LogP contribution in [0.25, 0.3) is 0 Å². The number of benzene rings is 1. The van der Waals surface area contributed by atoms with E-state index in [1.807, 2.05) is 49.9 Å². The highest BCUT2D eigenvalue weighted by atomic mass is 16.5. The lowest BCUT2D eigenvalue weighted by molar-refractivity contribution is -0.149. The largest absolute Gasteiger partial charge is 0.491 e. The van der Waals surface area contributed by atoms with Gasteiger partial charge < -0.3 is 9.84 Å². The second kappa shape index (κ2) is 6.75. The highest BCUT2D eigenvalue weighted by molar-refractivity contribution is 5.77. The van der Waals surface area contributed by atoms with Crippen molar-refractivity contribution in [1.29, 1.82) is 0 Å². The molecule has 0 fully saturated rings. The van der Waals surface area contributed by atoms with Gasteiger partial charge in [0.25, 0.3) is 0 Å². The highest BCUT2D eigenvalue weighted by Gasteiger charge is 2.33. The standard InChI is InChI=1S/C16H25NO3/c1-6-17(16(4,5)15(18)19)11-13-8-7-9-14(10-13)20-12(2)3/h7-10,12H,6,11H2,1-5H3,(H,18,19). The minimum Gasteiger partial charge on any atom is -0.491 e. The second-order valence-corrected chi connectivity index (χ2v) is 5.69. The summed E-state index contributed by atoms with van der Waals surface area (Å²) in [4.78, 5) is 13.3. The van der Waals surface area contributed by atoms with Crippen LogP contribution >= 0.6 is 0 Å². The summed E-state index contributed by atoms with van der Waals surface area (Å²) in [6.07, 6.45) is 0.128. The predicted octanol–water partition coefficient (Wildman–Crippen LogP) is 3.16. The molecule has 20 heavy (non-hydrogen) atoms. The number of rotatable bonds is 7. The average Bonchev–Trinajstić information content (AvgIpc) is 2.35. The van der Waals surface area contributed by atoms with E-state index in [-0.39, 0.29) is 6.10 Å². The van der Waals surface area contributed by atoms with Gasteiger partial charge in [-0.15, -0.1) is 0 Å². The lowest BCUT2D eigenvalue weighted by atomic mass is 10.0. The maximum absolute atomic E-state index is 11.4. The number of carbonyl (C=O) groups is 1. The van der Waals surface area contributed by atoms with Crippen LogP contribution in [0.4, 0.5) is 0 Å². The molecule has 0 bridgehead atoms. The molecule has 0 aliphatic carbocycles. The molecule has 1 aromatic rings. The third kappa shape index (κ3) is 4.23. The van der Waals surface area contributed by atoms with Gasteiger partial charge in [-0.2, -0.15) is 0 Å². The van der Waals surface area contributed by atoms with Gasteiger partial charge in [-0.3, -0.25) is 9.69 Å². The molecule has 0 spiro atoms. The van der Waals surface area contributed by atoms with Crippen LogP contribution in [-0.4, -0.2) is 34.2 Å². The zero-order valence-corrected chi connectivity index (χ0v) is 13.0. The molecule has 0 atom stereocenters. The predicted molar refractivity (Wildman–Crippen MR) is 80.0 cm³/mol. The second-order valence-electron chi connectivity index (χ2n) is 5.69. The lowest BCUT2D eigenvalue weighted by Crippen LogP contribution is -2.49. The Kier molecular flexibility index (Phi) is 5.57. The number of likely N-dealkylation sites (N-methyl/N-ethyl adjacent to an activating group) is 1. The van der Waals surface area contributed by atoms with Crippen LogP contribution in [0.15, 0.2) is 24.3 Å². The molecule has 0 amide bonds. The quantitative estimate of drug-likeness (QED) is 0.833. The van der Waals surface area contributed by atoms with Gasteiger partial charge in [0.15, 0.2) is 0 Å². The molecule has 1 aromatic carbocycles. The van der Waals surface area contributed by atoms with Gasteiger partial charge in [0, 0.05) is 6.54 Å². The van der Waals surface area contributed by atoms with Gasteiger partial charge in [0.05, 0.1) is 6.10 Å². The monoisotopic (exact) mass is 279 g/mol. The normalized spacial score (nSPS) is 11.9. The number of ether oxygens (including phenoxy) is 1. The summed E-state index contributed by atoms with van der Waals surface area (Å²) in [5.74, 6) is 0.00983. The van der Waals surface area contributed by atoms with Crippen molar-refractivity contribution in [1.82, 2.24) is 4.90 Å². The zero-order valence-electron chi connectivity index (χ0n) is 13.0. The molecule has 0 heterocycles. The summed E-state index contributed by atoms with van der Waals surface area (Å²) in [6, 6.07) is 7.82. The van der Waals surface area contributed by atoms with E-state index < -0.39 is 11.5 Å². The first-order valence-electron chi connectivity index (χ1n) is 7.01. The Bertz CT molecular complexity index is 455. The summed E-state index contributed by atoms with van der Waals surface area (Å²) < 4.78 is 5.67. The number of aliphatic carboxylic acids is 1. The number of carboxylic acid groups (broad SMARTS) is 1. The summed E-state index contributed by atoms with van der Waals surface area (Å²) in [7, 11) is 0. The van der Waals surface area contributed by atoms with Crippen LogP contribution in [0, 0.1) is 0 Å². The van der Waals surface area contributed by atoms with Crippen LogP contribution in [0.5, 0.6) is 5.75 Å². The Labute approximate surface area is 121 Å². The Morgan fingerprint density at radius 3 is 2.55 bits per heavy atom. The van der Waals surface area contributed by atoms with E-state index >= 15 is 0 Å². The maximum atomic E-state index is 11.4. The number of hydrogen-bond donors (Lipinski definition) is 1. The van der Waals surface area contributed by atoms with Crippen molar-refractivity contribution in [2.75, 3.05) is 6.54 Å². The fraction of sp³-hybridized carbons (Fsp3) is 0.562. The van der Waals surface area contributed by atoms with E-state index in [4.69, 9.17) is 4.74 Å².